The summed E-state index contributed by atoms with van der Waals surface area (Å²) in [7, 11) is 1.64. The molecule has 2 nitrogen and oxygen atoms in total. The average molecular weight is 155 g/mol. The van der Waals surface area contributed by atoms with Crippen LogP contribution in [0.4, 0.5) is 0 Å². The zero-order valence-corrected chi connectivity index (χ0v) is 5.78. The van der Waals surface area contributed by atoms with Crippen LogP contribution in [0, 0.1) is 0 Å². The van der Waals surface area contributed by atoms with Gasteiger partial charge in [0.1, 0.15) is 0 Å². The highest BCUT2D eigenvalue weighted by atomic mass is 35.5. The summed E-state index contributed by atoms with van der Waals surface area (Å²) in [5.74, 6) is 0.559. The highest BCUT2D eigenvalue weighted by Crippen LogP contribution is 1.78. The van der Waals surface area contributed by atoms with Gasteiger partial charge in [0, 0.05) is 13.0 Å². The molecule has 0 rings (SSSR count). The maximum Gasteiger partial charge on any atom is 0.0700 e. The molecule has 0 unspecified atom stereocenters. The molecule has 0 bridgehead atoms. The van der Waals surface area contributed by atoms with Crippen LogP contribution in [-0.4, -0.2) is 32.8 Å². The van der Waals surface area contributed by atoms with Crippen molar-refractivity contribution in [1.82, 2.24) is 0 Å². The molecule has 3 heteroatoms. The first-order valence-electron chi connectivity index (χ1n) is 2.54. The number of ether oxygens (including phenoxy) is 2. The molecule has 0 aliphatic heterocycles. The van der Waals surface area contributed by atoms with Crippen LogP contribution in [0.25, 0.3) is 0 Å². The van der Waals surface area contributed by atoms with Crippen LogP contribution in [0.5, 0.6) is 0 Å². The van der Waals surface area contributed by atoms with Gasteiger partial charge < -0.3 is 9.47 Å². The Kier molecular flexibility index (Phi) is 14.7. The number of hydrogen-bond donors (Lipinski definition) is 0. The van der Waals surface area contributed by atoms with Crippen molar-refractivity contribution in [2.45, 2.75) is 7.43 Å². The standard InChI is InChI=1S/C5H11ClO2.CH4/c1-7-4-5-8-3-2-6;/h2-5H2,1H3;1H4. The zero-order chi connectivity index (χ0) is 6.24. The first-order valence-corrected chi connectivity index (χ1v) is 3.08. The van der Waals surface area contributed by atoms with Gasteiger partial charge in [-0.05, 0) is 0 Å². The minimum absolute atomic E-state index is 0. The summed E-state index contributed by atoms with van der Waals surface area (Å²) < 4.78 is 9.69. The number of methoxy groups -OCH3 is 1. The number of alkyl halides is 1. The van der Waals surface area contributed by atoms with Gasteiger partial charge in [-0.2, -0.15) is 0 Å². The Bertz CT molecular complexity index is 36.0. The highest BCUT2D eigenvalue weighted by Gasteiger charge is 1.82. The number of hydrogen-bond acceptors (Lipinski definition) is 2. The quantitative estimate of drug-likeness (QED) is 0.442. The van der Waals surface area contributed by atoms with E-state index in [0.717, 1.165) is 0 Å². The molecule has 0 aromatic carbocycles. The molecule has 58 valence electrons. The maximum absolute atomic E-state index is 5.31. The topological polar surface area (TPSA) is 18.5 Å². The third kappa shape index (κ3) is 11.7. The molecule has 0 saturated carbocycles. The van der Waals surface area contributed by atoms with E-state index < -0.39 is 0 Å². The molecule has 9 heavy (non-hydrogen) atoms. The Morgan fingerprint density at radius 2 is 1.89 bits per heavy atom. The first-order chi connectivity index (χ1) is 3.91. The van der Waals surface area contributed by atoms with Crippen molar-refractivity contribution in [3.8, 4) is 0 Å². The largest absolute Gasteiger partial charge is 0.382 e. The fourth-order valence-corrected chi connectivity index (χ4v) is 0.408. The second-order valence-corrected chi connectivity index (χ2v) is 1.67. The third-order valence-corrected chi connectivity index (χ3v) is 0.808. The Labute approximate surface area is 62.1 Å². The summed E-state index contributed by atoms with van der Waals surface area (Å²) in [5.41, 5.74) is 0. The maximum atomic E-state index is 5.31. The van der Waals surface area contributed by atoms with Gasteiger partial charge in [0.25, 0.3) is 0 Å². The average Bonchev–Trinajstić information content (AvgIpc) is 1.81. The second kappa shape index (κ2) is 11.1. The molecular weight excluding hydrogens is 140 g/mol. The van der Waals surface area contributed by atoms with Crippen molar-refractivity contribution in [3.05, 3.63) is 0 Å². The SMILES string of the molecule is C.COCCOCCCl. The summed E-state index contributed by atoms with van der Waals surface area (Å²) in [4.78, 5) is 0. The van der Waals surface area contributed by atoms with Crippen molar-refractivity contribution >= 4 is 11.6 Å². The van der Waals surface area contributed by atoms with Crippen LogP contribution in [0.2, 0.25) is 0 Å². The predicted molar refractivity (Wildman–Crippen MR) is 40.1 cm³/mol. The van der Waals surface area contributed by atoms with Gasteiger partial charge in [-0.3, -0.25) is 0 Å². The molecule has 0 aliphatic rings. The Balaban J connectivity index is 0. The van der Waals surface area contributed by atoms with Gasteiger partial charge >= 0.3 is 0 Å². The molecule has 0 aromatic heterocycles. The lowest BCUT2D eigenvalue weighted by atomic mass is 10.7. The number of halogens is 1. The Morgan fingerprint density at radius 3 is 2.33 bits per heavy atom. The molecular formula is C6H15ClO2. The zero-order valence-electron chi connectivity index (χ0n) is 5.02. The Morgan fingerprint density at radius 1 is 1.22 bits per heavy atom. The van der Waals surface area contributed by atoms with E-state index >= 15 is 0 Å². The van der Waals surface area contributed by atoms with Crippen LogP contribution < -0.4 is 0 Å². The van der Waals surface area contributed by atoms with E-state index in [1.54, 1.807) is 7.11 Å². The van der Waals surface area contributed by atoms with Crippen LogP contribution in [0.1, 0.15) is 7.43 Å². The van der Waals surface area contributed by atoms with E-state index in [-0.39, 0.29) is 7.43 Å². The van der Waals surface area contributed by atoms with Crippen LogP contribution in [-0.2, 0) is 9.47 Å². The lowest BCUT2D eigenvalue weighted by molar-refractivity contribution is 0.0786. The van der Waals surface area contributed by atoms with Crippen molar-refractivity contribution < 1.29 is 9.47 Å². The van der Waals surface area contributed by atoms with Crippen molar-refractivity contribution in [1.29, 1.82) is 0 Å². The molecule has 0 radical (unpaired) electrons. The fourth-order valence-electron chi connectivity index (χ4n) is 0.299. The summed E-state index contributed by atoms with van der Waals surface area (Å²) in [6.07, 6.45) is 0. The lowest BCUT2D eigenvalue weighted by Crippen LogP contribution is -2.03. The van der Waals surface area contributed by atoms with Gasteiger partial charge in [0.05, 0.1) is 19.8 Å². The lowest BCUT2D eigenvalue weighted by Gasteiger charge is -1.97. The van der Waals surface area contributed by atoms with Gasteiger partial charge in [0.15, 0.2) is 0 Å². The third-order valence-electron chi connectivity index (χ3n) is 0.653. The van der Waals surface area contributed by atoms with Crippen LogP contribution in [0.3, 0.4) is 0 Å². The van der Waals surface area contributed by atoms with E-state index in [2.05, 4.69) is 0 Å². The molecule has 0 fully saturated rings. The minimum atomic E-state index is 0. The summed E-state index contributed by atoms with van der Waals surface area (Å²) >= 11 is 5.31. The van der Waals surface area contributed by atoms with Crippen LogP contribution >= 0.6 is 11.6 Å². The van der Waals surface area contributed by atoms with E-state index in [0.29, 0.717) is 25.7 Å². The second-order valence-electron chi connectivity index (χ2n) is 1.29. The van der Waals surface area contributed by atoms with Gasteiger partial charge in [-0.15, -0.1) is 11.6 Å². The minimum Gasteiger partial charge on any atom is -0.382 e. The van der Waals surface area contributed by atoms with E-state index in [1.807, 2.05) is 0 Å². The first kappa shape index (κ1) is 11.9. The molecule has 0 atom stereocenters. The van der Waals surface area contributed by atoms with Crippen LogP contribution in [0.15, 0.2) is 0 Å². The monoisotopic (exact) mass is 154 g/mol. The van der Waals surface area contributed by atoms with E-state index in [1.165, 1.54) is 0 Å². The molecule has 0 amide bonds. The van der Waals surface area contributed by atoms with E-state index in [9.17, 15) is 0 Å². The molecule has 0 heterocycles. The molecule has 0 aliphatic carbocycles. The molecule has 0 aromatic rings. The summed E-state index contributed by atoms with van der Waals surface area (Å²) in [6, 6.07) is 0. The van der Waals surface area contributed by atoms with E-state index in [4.69, 9.17) is 21.1 Å². The van der Waals surface area contributed by atoms with Gasteiger partial charge in [0.2, 0.25) is 0 Å². The normalized spacial score (nSPS) is 8.67. The Hall–Kier alpha value is 0.210. The smallest absolute Gasteiger partial charge is 0.0700 e. The van der Waals surface area contributed by atoms with Crippen molar-refractivity contribution in [2.24, 2.45) is 0 Å². The molecule has 0 saturated heterocycles. The fraction of sp³-hybridized carbons (Fsp3) is 1.00. The van der Waals surface area contributed by atoms with Gasteiger partial charge in [-0.1, -0.05) is 7.43 Å². The molecule has 0 N–H and O–H groups in total. The summed E-state index contributed by atoms with van der Waals surface area (Å²) in [6.45, 7) is 1.91. The van der Waals surface area contributed by atoms with Gasteiger partial charge in [-0.25, -0.2) is 0 Å². The van der Waals surface area contributed by atoms with Crippen molar-refractivity contribution in [2.75, 3.05) is 32.8 Å². The highest BCUT2D eigenvalue weighted by molar-refractivity contribution is 6.17. The van der Waals surface area contributed by atoms with Crippen molar-refractivity contribution in [3.63, 3.8) is 0 Å². The predicted octanol–water partition coefficient (Wildman–Crippen LogP) is 1.52. The summed E-state index contributed by atoms with van der Waals surface area (Å²) in [5, 5.41) is 0. The molecule has 0 spiro atoms. The number of rotatable bonds is 5.